The first-order valence-electron chi connectivity index (χ1n) is 8.64. The zero-order valence-electron chi connectivity index (χ0n) is 13.2. The third kappa shape index (κ3) is 1.82. The summed E-state index contributed by atoms with van der Waals surface area (Å²) in [5, 5.41) is 9.71. The van der Waals surface area contributed by atoms with Gasteiger partial charge >= 0.3 is 0 Å². The van der Waals surface area contributed by atoms with Gasteiger partial charge in [0.05, 0.1) is 0 Å². The topological polar surface area (TPSA) is 20.2 Å². The summed E-state index contributed by atoms with van der Waals surface area (Å²) in [6.45, 7) is 4.94. The van der Waals surface area contributed by atoms with Gasteiger partial charge in [0.1, 0.15) is 5.75 Å². The van der Waals surface area contributed by atoms with Crippen LogP contribution in [0.4, 0.5) is 0 Å². The summed E-state index contributed by atoms with van der Waals surface area (Å²) in [6, 6.07) is 5.96. The van der Waals surface area contributed by atoms with Crippen molar-refractivity contribution in [2.75, 3.05) is 0 Å². The van der Waals surface area contributed by atoms with Crippen LogP contribution in [0.15, 0.2) is 24.3 Å². The molecule has 0 unspecified atom stereocenters. The van der Waals surface area contributed by atoms with Crippen LogP contribution in [-0.2, 0) is 0 Å². The minimum absolute atomic E-state index is 0.393. The molecule has 3 aliphatic rings. The van der Waals surface area contributed by atoms with Crippen molar-refractivity contribution >= 4 is 6.08 Å². The zero-order chi connectivity index (χ0) is 14.6. The molecule has 0 saturated heterocycles. The van der Waals surface area contributed by atoms with Crippen LogP contribution in [0.5, 0.6) is 5.75 Å². The third-order valence-electron chi connectivity index (χ3n) is 6.99. The molecule has 0 bridgehead atoms. The predicted molar refractivity (Wildman–Crippen MR) is 87.2 cm³/mol. The molecule has 5 atom stereocenters. The minimum Gasteiger partial charge on any atom is -0.508 e. The molecular weight excluding hydrogens is 256 g/mol. The Morgan fingerprint density at radius 2 is 2.10 bits per heavy atom. The predicted octanol–water partition coefficient (Wildman–Crippen LogP) is 5.36. The second-order valence-electron chi connectivity index (χ2n) is 7.69. The van der Waals surface area contributed by atoms with Gasteiger partial charge in [-0.2, -0.15) is 0 Å². The highest BCUT2D eigenvalue weighted by molar-refractivity contribution is 5.60. The molecule has 0 aliphatic heterocycles. The number of hydrogen-bond donors (Lipinski definition) is 1. The van der Waals surface area contributed by atoms with E-state index in [1.54, 1.807) is 0 Å². The molecule has 0 heterocycles. The SMILES string of the molecule is CC[C@H]1CC[C@H]2[C@@H]3C=Cc4cc(O)ccc4[C@H]3CC[C@]12C. The van der Waals surface area contributed by atoms with Crippen molar-refractivity contribution in [3.05, 3.63) is 35.4 Å². The number of allylic oxidation sites excluding steroid dienone is 1. The molecule has 0 amide bonds. The lowest BCUT2D eigenvalue weighted by Crippen LogP contribution is -2.40. The van der Waals surface area contributed by atoms with Crippen molar-refractivity contribution in [2.45, 2.75) is 51.9 Å². The quantitative estimate of drug-likeness (QED) is 0.735. The van der Waals surface area contributed by atoms with E-state index in [0.29, 0.717) is 17.1 Å². The van der Waals surface area contributed by atoms with E-state index >= 15 is 0 Å². The van der Waals surface area contributed by atoms with Crippen LogP contribution in [0.1, 0.15) is 63.0 Å². The molecule has 1 nitrogen and oxygen atoms in total. The Hall–Kier alpha value is -1.24. The summed E-state index contributed by atoms with van der Waals surface area (Å²) in [6.07, 6.45) is 11.6. The Bertz CT molecular complexity index is 588. The molecule has 1 N–H and O–H groups in total. The maximum absolute atomic E-state index is 9.71. The Kier molecular flexibility index (Phi) is 2.96. The molecule has 0 radical (unpaired) electrons. The highest BCUT2D eigenvalue weighted by atomic mass is 16.3. The highest BCUT2D eigenvalue weighted by Crippen LogP contribution is 2.62. The monoisotopic (exact) mass is 282 g/mol. The molecule has 21 heavy (non-hydrogen) atoms. The lowest BCUT2D eigenvalue weighted by Gasteiger charge is -2.49. The van der Waals surface area contributed by atoms with E-state index < -0.39 is 0 Å². The van der Waals surface area contributed by atoms with Crippen molar-refractivity contribution in [1.82, 2.24) is 0 Å². The standard InChI is InChI=1S/C20H26O/c1-3-14-5-9-19-18-7-4-13-12-15(21)6-8-16(13)17(18)10-11-20(14,19)2/h4,6-8,12,14,17-19,21H,3,5,9-11H2,1-2H3/t14-,17+,18+,19-,20+/m0/s1. The molecule has 0 aromatic heterocycles. The summed E-state index contributed by atoms with van der Waals surface area (Å²) in [7, 11) is 0. The Morgan fingerprint density at radius 1 is 1.24 bits per heavy atom. The first-order chi connectivity index (χ1) is 10.1. The van der Waals surface area contributed by atoms with Crippen molar-refractivity contribution in [1.29, 1.82) is 0 Å². The van der Waals surface area contributed by atoms with Gasteiger partial charge in [0.25, 0.3) is 0 Å². The van der Waals surface area contributed by atoms with Gasteiger partial charge in [-0.15, -0.1) is 0 Å². The van der Waals surface area contributed by atoms with E-state index in [0.717, 1.165) is 17.8 Å². The van der Waals surface area contributed by atoms with Gasteiger partial charge < -0.3 is 5.11 Å². The van der Waals surface area contributed by atoms with Crippen LogP contribution in [0.2, 0.25) is 0 Å². The minimum atomic E-state index is 0.393. The average molecular weight is 282 g/mol. The summed E-state index contributed by atoms with van der Waals surface area (Å²) in [5.74, 6) is 3.58. The second-order valence-corrected chi connectivity index (χ2v) is 7.69. The molecule has 1 aromatic carbocycles. The average Bonchev–Trinajstić information content (AvgIpc) is 2.83. The van der Waals surface area contributed by atoms with E-state index in [2.05, 4.69) is 32.1 Å². The maximum Gasteiger partial charge on any atom is 0.116 e. The van der Waals surface area contributed by atoms with Gasteiger partial charge in [0.15, 0.2) is 0 Å². The number of aromatic hydroxyl groups is 1. The highest BCUT2D eigenvalue weighted by Gasteiger charge is 2.53. The largest absolute Gasteiger partial charge is 0.508 e. The third-order valence-corrected chi connectivity index (χ3v) is 6.99. The number of rotatable bonds is 1. The second kappa shape index (κ2) is 4.63. The van der Waals surface area contributed by atoms with Gasteiger partial charge in [0.2, 0.25) is 0 Å². The van der Waals surface area contributed by atoms with Gasteiger partial charge in [-0.05, 0) is 78.0 Å². The van der Waals surface area contributed by atoms with Crippen LogP contribution < -0.4 is 0 Å². The Morgan fingerprint density at radius 3 is 2.90 bits per heavy atom. The fourth-order valence-corrected chi connectivity index (χ4v) is 5.86. The van der Waals surface area contributed by atoms with Crippen LogP contribution in [0.25, 0.3) is 6.08 Å². The van der Waals surface area contributed by atoms with E-state index in [4.69, 9.17) is 0 Å². The molecule has 112 valence electrons. The molecular formula is C20H26O. The van der Waals surface area contributed by atoms with Crippen molar-refractivity contribution in [3.8, 4) is 5.75 Å². The summed E-state index contributed by atoms with van der Waals surface area (Å²) < 4.78 is 0. The molecule has 1 aromatic rings. The first-order valence-corrected chi connectivity index (χ1v) is 8.64. The maximum atomic E-state index is 9.71. The fraction of sp³-hybridized carbons (Fsp3) is 0.600. The van der Waals surface area contributed by atoms with E-state index in [1.165, 1.54) is 43.2 Å². The van der Waals surface area contributed by atoms with Crippen LogP contribution >= 0.6 is 0 Å². The lowest BCUT2D eigenvalue weighted by molar-refractivity contribution is 0.0541. The fourth-order valence-electron chi connectivity index (χ4n) is 5.86. The van der Waals surface area contributed by atoms with Crippen LogP contribution in [0.3, 0.4) is 0 Å². The smallest absolute Gasteiger partial charge is 0.116 e. The molecule has 4 rings (SSSR count). The summed E-state index contributed by atoms with van der Waals surface area (Å²) >= 11 is 0. The molecule has 2 fully saturated rings. The zero-order valence-corrected chi connectivity index (χ0v) is 13.2. The van der Waals surface area contributed by atoms with Gasteiger partial charge in [-0.25, -0.2) is 0 Å². The van der Waals surface area contributed by atoms with Crippen molar-refractivity contribution in [3.63, 3.8) is 0 Å². The number of benzene rings is 1. The van der Waals surface area contributed by atoms with Gasteiger partial charge in [-0.3, -0.25) is 0 Å². The van der Waals surface area contributed by atoms with Crippen LogP contribution in [0, 0.1) is 23.2 Å². The van der Waals surface area contributed by atoms with Gasteiger partial charge in [0, 0.05) is 0 Å². The van der Waals surface area contributed by atoms with Crippen LogP contribution in [-0.4, -0.2) is 5.11 Å². The number of phenolic OH excluding ortho intramolecular Hbond substituents is 1. The number of fused-ring (bicyclic) bond motifs is 5. The van der Waals surface area contributed by atoms with Crippen molar-refractivity contribution in [2.24, 2.45) is 23.2 Å². The number of phenols is 1. The molecule has 2 saturated carbocycles. The number of hydrogen-bond acceptors (Lipinski definition) is 1. The van der Waals surface area contributed by atoms with E-state index in [1.807, 2.05) is 12.1 Å². The summed E-state index contributed by atoms with van der Waals surface area (Å²) in [5.41, 5.74) is 3.28. The normalized spacial score (nSPS) is 40.5. The Balaban J connectivity index is 1.72. The first kappa shape index (κ1) is 13.4. The van der Waals surface area contributed by atoms with E-state index in [-0.39, 0.29) is 0 Å². The van der Waals surface area contributed by atoms with Gasteiger partial charge in [-0.1, -0.05) is 38.5 Å². The molecule has 1 heteroatoms. The summed E-state index contributed by atoms with van der Waals surface area (Å²) in [4.78, 5) is 0. The van der Waals surface area contributed by atoms with Crippen molar-refractivity contribution < 1.29 is 5.11 Å². The Labute approximate surface area is 128 Å². The molecule has 0 spiro atoms. The lowest BCUT2D eigenvalue weighted by atomic mass is 9.55. The van der Waals surface area contributed by atoms with E-state index in [9.17, 15) is 5.11 Å². The molecule has 3 aliphatic carbocycles.